The van der Waals surface area contributed by atoms with Gasteiger partial charge >= 0.3 is 0 Å². The molecule has 0 fully saturated rings. The van der Waals surface area contributed by atoms with Crippen LogP contribution in [0.2, 0.25) is 5.02 Å². The Morgan fingerprint density at radius 3 is 2.81 bits per heavy atom. The number of nitrogens with one attached hydrogen (secondary N) is 2. The van der Waals surface area contributed by atoms with E-state index in [1.807, 2.05) is 0 Å². The molecule has 1 heterocycles. The van der Waals surface area contributed by atoms with Gasteiger partial charge in [-0.15, -0.1) is 0 Å². The van der Waals surface area contributed by atoms with Crippen LogP contribution >= 0.6 is 27.5 Å². The second-order valence-electron chi connectivity index (χ2n) is 4.05. The minimum atomic E-state index is -0.248. The molecule has 0 saturated carbocycles. The maximum Gasteiger partial charge on any atom is 0.259 e. The second kappa shape index (κ2) is 7.75. The van der Waals surface area contributed by atoms with Crippen LogP contribution in [0, 0.1) is 0 Å². The standard InChI is InChI=1S/C14H12BrClN4O/c15-12-7-11(16)1-2-13(12)18-9-14(21)20-19-8-10-3-5-17-6-4-10/h1-8,18H,9H2,(H,20,21). The summed E-state index contributed by atoms with van der Waals surface area (Å²) in [5, 5.41) is 7.48. The van der Waals surface area contributed by atoms with Gasteiger partial charge in [0.05, 0.1) is 12.8 Å². The van der Waals surface area contributed by atoms with Crippen LogP contribution in [0.5, 0.6) is 0 Å². The SMILES string of the molecule is O=C(CNc1ccc(Cl)cc1Br)NN=Cc1ccncc1. The van der Waals surface area contributed by atoms with E-state index in [0.717, 1.165) is 15.7 Å². The first-order valence-electron chi connectivity index (χ1n) is 6.06. The Hall–Kier alpha value is -1.92. The van der Waals surface area contributed by atoms with Crippen LogP contribution in [-0.4, -0.2) is 23.7 Å². The van der Waals surface area contributed by atoms with Gasteiger partial charge in [-0.05, 0) is 51.8 Å². The topological polar surface area (TPSA) is 66.4 Å². The Kier molecular flexibility index (Phi) is 5.71. The molecule has 0 unspecified atom stereocenters. The van der Waals surface area contributed by atoms with Gasteiger partial charge in [-0.1, -0.05) is 11.6 Å². The van der Waals surface area contributed by atoms with Crippen molar-refractivity contribution < 1.29 is 4.79 Å². The third-order valence-electron chi connectivity index (χ3n) is 2.48. The summed E-state index contributed by atoms with van der Waals surface area (Å²) in [6.45, 7) is 0.105. The highest BCUT2D eigenvalue weighted by molar-refractivity contribution is 9.10. The molecule has 1 aromatic heterocycles. The van der Waals surface area contributed by atoms with Crippen LogP contribution in [0.1, 0.15) is 5.56 Å². The highest BCUT2D eigenvalue weighted by Crippen LogP contribution is 2.25. The lowest BCUT2D eigenvalue weighted by Gasteiger charge is -2.07. The van der Waals surface area contributed by atoms with Crippen LogP contribution in [-0.2, 0) is 4.79 Å². The van der Waals surface area contributed by atoms with Gasteiger partial charge in [0.25, 0.3) is 5.91 Å². The van der Waals surface area contributed by atoms with Gasteiger partial charge in [-0.3, -0.25) is 9.78 Å². The van der Waals surface area contributed by atoms with E-state index in [2.05, 4.69) is 36.8 Å². The summed E-state index contributed by atoms with van der Waals surface area (Å²) < 4.78 is 0.795. The predicted octanol–water partition coefficient (Wildman–Crippen LogP) is 3.06. The maximum atomic E-state index is 11.6. The van der Waals surface area contributed by atoms with Gasteiger partial charge in [0, 0.05) is 27.6 Å². The third kappa shape index (κ3) is 5.17. The van der Waals surface area contributed by atoms with E-state index < -0.39 is 0 Å². The fourth-order valence-corrected chi connectivity index (χ4v) is 2.30. The molecule has 2 aromatic rings. The van der Waals surface area contributed by atoms with Crippen molar-refractivity contribution in [2.45, 2.75) is 0 Å². The summed E-state index contributed by atoms with van der Waals surface area (Å²) in [7, 11) is 0. The van der Waals surface area contributed by atoms with E-state index in [0.29, 0.717) is 5.02 Å². The first kappa shape index (κ1) is 15.5. The summed E-state index contributed by atoms with van der Waals surface area (Å²) in [4.78, 5) is 15.5. The number of hydrogen-bond acceptors (Lipinski definition) is 4. The summed E-state index contributed by atoms with van der Waals surface area (Å²) in [6, 6.07) is 8.87. The molecule has 0 aliphatic carbocycles. The van der Waals surface area contributed by atoms with E-state index in [4.69, 9.17) is 11.6 Å². The van der Waals surface area contributed by atoms with Crippen molar-refractivity contribution in [1.29, 1.82) is 0 Å². The molecule has 0 atom stereocenters. The van der Waals surface area contributed by atoms with Crippen LogP contribution < -0.4 is 10.7 Å². The number of aromatic nitrogens is 1. The molecule has 0 radical (unpaired) electrons. The molecule has 108 valence electrons. The van der Waals surface area contributed by atoms with Crippen LogP contribution in [0.3, 0.4) is 0 Å². The molecule has 0 bridgehead atoms. The number of pyridine rings is 1. The van der Waals surface area contributed by atoms with Crippen LogP contribution in [0.4, 0.5) is 5.69 Å². The monoisotopic (exact) mass is 366 g/mol. The lowest BCUT2D eigenvalue weighted by atomic mass is 10.3. The van der Waals surface area contributed by atoms with E-state index >= 15 is 0 Å². The largest absolute Gasteiger partial charge is 0.375 e. The minimum absolute atomic E-state index is 0.105. The molecule has 2 N–H and O–H groups in total. The van der Waals surface area contributed by atoms with Crippen molar-refractivity contribution in [2.24, 2.45) is 5.10 Å². The zero-order valence-corrected chi connectivity index (χ0v) is 13.2. The Morgan fingerprint density at radius 2 is 2.10 bits per heavy atom. The van der Waals surface area contributed by atoms with E-state index in [-0.39, 0.29) is 12.5 Å². The van der Waals surface area contributed by atoms with Gasteiger partial charge in [-0.2, -0.15) is 5.10 Å². The smallest absolute Gasteiger partial charge is 0.259 e. The Morgan fingerprint density at radius 1 is 1.33 bits per heavy atom. The van der Waals surface area contributed by atoms with Gasteiger partial charge in [-0.25, -0.2) is 5.43 Å². The zero-order chi connectivity index (χ0) is 15.1. The van der Waals surface area contributed by atoms with E-state index in [9.17, 15) is 4.79 Å². The Bertz CT molecular complexity index is 649. The average Bonchev–Trinajstić information content (AvgIpc) is 2.47. The fraction of sp³-hybridized carbons (Fsp3) is 0.0714. The van der Waals surface area contributed by atoms with Crippen molar-refractivity contribution in [3.8, 4) is 0 Å². The molecule has 0 saturated heterocycles. The lowest BCUT2D eigenvalue weighted by molar-refractivity contribution is -0.119. The number of amides is 1. The molecule has 1 aromatic carbocycles. The number of benzene rings is 1. The summed E-state index contributed by atoms with van der Waals surface area (Å²) in [6.07, 6.45) is 4.86. The number of carbonyl (C=O) groups is 1. The van der Waals surface area contributed by atoms with Crippen LogP contribution in [0.25, 0.3) is 0 Å². The zero-order valence-electron chi connectivity index (χ0n) is 10.9. The molecule has 0 aliphatic rings. The van der Waals surface area contributed by atoms with Crippen molar-refractivity contribution in [1.82, 2.24) is 10.4 Å². The van der Waals surface area contributed by atoms with Crippen molar-refractivity contribution in [3.05, 3.63) is 57.8 Å². The molecular weight excluding hydrogens is 356 g/mol. The Labute approximate surface area is 135 Å². The number of halogens is 2. The summed E-state index contributed by atoms with van der Waals surface area (Å²) in [5.41, 5.74) is 4.08. The molecule has 0 aliphatic heterocycles. The number of hydrazone groups is 1. The van der Waals surface area contributed by atoms with Crippen molar-refractivity contribution in [2.75, 3.05) is 11.9 Å². The van der Waals surface area contributed by atoms with Gasteiger partial charge in [0.2, 0.25) is 0 Å². The third-order valence-corrected chi connectivity index (χ3v) is 3.37. The molecule has 0 spiro atoms. The second-order valence-corrected chi connectivity index (χ2v) is 5.34. The highest BCUT2D eigenvalue weighted by Gasteiger charge is 2.03. The number of anilines is 1. The van der Waals surface area contributed by atoms with E-state index in [1.54, 1.807) is 48.9 Å². The number of carbonyl (C=O) groups excluding carboxylic acids is 1. The lowest BCUT2D eigenvalue weighted by Crippen LogP contribution is -2.26. The quantitative estimate of drug-likeness (QED) is 0.630. The molecule has 5 nitrogen and oxygen atoms in total. The number of nitrogens with zero attached hydrogens (tertiary/aromatic N) is 2. The van der Waals surface area contributed by atoms with Gasteiger partial charge in [0.15, 0.2) is 0 Å². The fourth-order valence-electron chi connectivity index (χ4n) is 1.48. The van der Waals surface area contributed by atoms with Crippen molar-refractivity contribution in [3.63, 3.8) is 0 Å². The van der Waals surface area contributed by atoms with Crippen LogP contribution in [0.15, 0.2) is 52.3 Å². The van der Waals surface area contributed by atoms with E-state index in [1.165, 1.54) is 0 Å². The molecule has 7 heteroatoms. The molecule has 21 heavy (non-hydrogen) atoms. The van der Waals surface area contributed by atoms with Gasteiger partial charge in [0.1, 0.15) is 0 Å². The number of rotatable bonds is 5. The van der Waals surface area contributed by atoms with Gasteiger partial charge < -0.3 is 5.32 Å². The minimum Gasteiger partial charge on any atom is -0.375 e. The summed E-state index contributed by atoms with van der Waals surface area (Å²) >= 11 is 9.21. The molecule has 2 rings (SSSR count). The predicted molar refractivity (Wildman–Crippen MR) is 87.6 cm³/mol. The molecular formula is C14H12BrClN4O. The van der Waals surface area contributed by atoms with Crippen molar-refractivity contribution >= 4 is 45.3 Å². The molecule has 1 amide bonds. The Balaban J connectivity index is 1.81. The first-order valence-corrected chi connectivity index (χ1v) is 7.23. The normalized spacial score (nSPS) is 10.6. The summed E-state index contributed by atoms with van der Waals surface area (Å²) in [5.74, 6) is -0.248. The maximum absolute atomic E-state index is 11.6. The average molecular weight is 368 g/mol. The highest BCUT2D eigenvalue weighted by atomic mass is 79.9. The number of hydrogen-bond donors (Lipinski definition) is 2. The first-order chi connectivity index (χ1) is 10.1.